The standard InChI is InChI=1S/C39H66O12/c1-11-37(34-22(3)17-28(47-34)31-21(2)16-23(4)39(20-40,46-10)50-31)13-12-29(48-37)36(8)14-15-38(51-36)19-27(18-30(41)42)24(5)33(49-38)25(6)32(45-9)26(7)35(43)44/h21-29,31-34,40H,11-20H2,1-10H3,(H,41,42)(H,43,44)/t21-,22-,23+,24+,25-,26-,27-,28+,29+,31-,32+,33-,34+,36+,37+,38+,39-/m0/s1. The number of aliphatic carboxylic acids is 2. The third-order valence-electron chi connectivity index (χ3n) is 14.0. The fourth-order valence-corrected chi connectivity index (χ4v) is 10.8. The van der Waals surface area contributed by atoms with Gasteiger partial charge in [-0.3, -0.25) is 9.59 Å². The Morgan fingerprint density at radius 3 is 2.25 bits per heavy atom. The maximum atomic E-state index is 12.1. The van der Waals surface area contributed by atoms with E-state index in [1.54, 1.807) is 14.0 Å². The van der Waals surface area contributed by atoms with Crippen molar-refractivity contribution in [1.29, 1.82) is 0 Å². The summed E-state index contributed by atoms with van der Waals surface area (Å²) in [4.78, 5) is 24.0. The Balaban J connectivity index is 1.33. The molecule has 1 spiro atoms. The molecule has 0 amide bonds. The second-order valence-corrected chi connectivity index (χ2v) is 17.3. The highest BCUT2D eigenvalue weighted by atomic mass is 16.7. The largest absolute Gasteiger partial charge is 0.481 e. The molecule has 0 saturated carbocycles. The molecule has 294 valence electrons. The normalized spacial score (nSPS) is 47.7. The summed E-state index contributed by atoms with van der Waals surface area (Å²) in [6.45, 7) is 16.1. The van der Waals surface area contributed by atoms with Crippen LogP contribution in [0.15, 0.2) is 0 Å². The molecule has 0 aromatic heterocycles. The van der Waals surface area contributed by atoms with E-state index in [9.17, 15) is 24.9 Å². The number of aliphatic hydroxyl groups is 1. The van der Waals surface area contributed by atoms with Crippen LogP contribution in [-0.2, 0) is 42.7 Å². The molecule has 5 rings (SSSR count). The van der Waals surface area contributed by atoms with Crippen LogP contribution in [0.25, 0.3) is 0 Å². The van der Waals surface area contributed by atoms with Crippen LogP contribution >= 0.6 is 0 Å². The average Bonchev–Trinajstić information content (AvgIpc) is 3.79. The Kier molecular flexibility index (Phi) is 12.3. The van der Waals surface area contributed by atoms with Gasteiger partial charge in [0.15, 0.2) is 11.6 Å². The Morgan fingerprint density at radius 2 is 1.67 bits per heavy atom. The van der Waals surface area contributed by atoms with Gasteiger partial charge in [-0.25, -0.2) is 0 Å². The van der Waals surface area contributed by atoms with Gasteiger partial charge < -0.3 is 48.5 Å². The third kappa shape index (κ3) is 7.51. The quantitative estimate of drug-likeness (QED) is 0.214. The van der Waals surface area contributed by atoms with E-state index in [2.05, 4.69) is 34.6 Å². The second-order valence-electron chi connectivity index (χ2n) is 17.3. The van der Waals surface area contributed by atoms with Crippen molar-refractivity contribution in [3.8, 4) is 0 Å². The lowest BCUT2D eigenvalue weighted by atomic mass is 9.73. The molecule has 17 atom stereocenters. The number of carboxylic acids is 2. The molecule has 12 nitrogen and oxygen atoms in total. The van der Waals surface area contributed by atoms with Crippen LogP contribution < -0.4 is 0 Å². The van der Waals surface area contributed by atoms with Crippen molar-refractivity contribution in [1.82, 2.24) is 0 Å². The fourth-order valence-electron chi connectivity index (χ4n) is 10.8. The van der Waals surface area contributed by atoms with Gasteiger partial charge in [-0.1, -0.05) is 41.5 Å². The van der Waals surface area contributed by atoms with Crippen molar-refractivity contribution < 1.29 is 58.1 Å². The van der Waals surface area contributed by atoms with Crippen LogP contribution in [-0.4, -0.2) is 107 Å². The zero-order chi connectivity index (χ0) is 37.7. The van der Waals surface area contributed by atoms with E-state index in [1.165, 1.54) is 7.11 Å². The van der Waals surface area contributed by atoms with E-state index in [-0.39, 0.29) is 73.0 Å². The minimum absolute atomic E-state index is 0.0231. The summed E-state index contributed by atoms with van der Waals surface area (Å²) in [6, 6.07) is 0. The van der Waals surface area contributed by atoms with Crippen molar-refractivity contribution in [3.63, 3.8) is 0 Å². The molecule has 5 aliphatic rings. The van der Waals surface area contributed by atoms with Crippen molar-refractivity contribution in [2.75, 3.05) is 20.8 Å². The lowest BCUT2D eigenvalue weighted by molar-refractivity contribution is -0.335. The minimum Gasteiger partial charge on any atom is -0.481 e. The van der Waals surface area contributed by atoms with Gasteiger partial charge in [0.25, 0.3) is 0 Å². The average molecular weight is 727 g/mol. The van der Waals surface area contributed by atoms with Gasteiger partial charge >= 0.3 is 11.9 Å². The Labute approximate surface area is 304 Å². The molecule has 0 bridgehead atoms. The highest BCUT2D eigenvalue weighted by molar-refractivity contribution is 5.70. The van der Waals surface area contributed by atoms with Crippen molar-refractivity contribution in [2.24, 2.45) is 41.4 Å². The predicted molar refractivity (Wildman–Crippen MR) is 187 cm³/mol. The van der Waals surface area contributed by atoms with E-state index >= 15 is 0 Å². The Bertz CT molecular complexity index is 1230. The zero-order valence-electron chi connectivity index (χ0n) is 32.6. The maximum absolute atomic E-state index is 12.1. The lowest BCUT2D eigenvalue weighted by Gasteiger charge is -2.50. The minimum atomic E-state index is -1.04. The molecule has 5 aliphatic heterocycles. The van der Waals surface area contributed by atoms with Crippen LogP contribution in [0, 0.1) is 41.4 Å². The van der Waals surface area contributed by atoms with Crippen molar-refractivity contribution in [2.45, 2.75) is 173 Å². The van der Waals surface area contributed by atoms with Gasteiger partial charge in [-0.15, -0.1) is 0 Å². The number of carboxylic acid groups (broad SMARTS) is 2. The number of hydrogen-bond donors (Lipinski definition) is 3. The zero-order valence-corrected chi connectivity index (χ0v) is 32.6. The van der Waals surface area contributed by atoms with Crippen LogP contribution in [0.5, 0.6) is 0 Å². The van der Waals surface area contributed by atoms with Gasteiger partial charge in [0, 0.05) is 45.3 Å². The van der Waals surface area contributed by atoms with Gasteiger partial charge in [-0.2, -0.15) is 0 Å². The summed E-state index contributed by atoms with van der Waals surface area (Å²) in [6.07, 6.45) is 3.96. The van der Waals surface area contributed by atoms with Crippen LogP contribution in [0.4, 0.5) is 0 Å². The van der Waals surface area contributed by atoms with E-state index in [0.717, 1.165) is 32.1 Å². The third-order valence-corrected chi connectivity index (χ3v) is 14.0. The van der Waals surface area contributed by atoms with E-state index < -0.39 is 52.8 Å². The SMILES string of the molecule is CC[C@]1([C@@H]2O[C@@H]([C@H]3O[C@](CO)(OC)[C@H](C)C[C@@H]3C)C[C@@H]2C)CC[C@H]([C@@]2(C)CC[C@]3(C[C@H](CC(=O)O)[C@@H](C)[C@@H]([C@@H](C)[C@@H](OC)[C@H](C)C(=O)O)O3)O2)O1. The van der Waals surface area contributed by atoms with Crippen LogP contribution in [0.1, 0.15) is 113 Å². The number of methoxy groups -OCH3 is 2. The van der Waals surface area contributed by atoms with Gasteiger partial charge in [0.1, 0.15) is 0 Å². The summed E-state index contributed by atoms with van der Waals surface area (Å²) in [7, 11) is 3.11. The molecule has 5 saturated heterocycles. The predicted octanol–water partition coefficient (Wildman–Crippen LogP) is 5.66. The van der Waals surface area contributed by atoms with Gasteiger partial charge in [-0.05, 0) is 76.0 Å². The van der Waals surface area contributed by atoms with Crippen molar-refractivity contribution in [3.05, 3.63) is 0 Å². The Morgan fingerprint density at radius 1 is 0.961 bits per heavy atom. The first-order chi connectivity index (χ1) is 23.9. The molecule has 0 aromatic rings. The molecule has 12 heteroatoms. The highest BCUT2D eigenvalue weighted by Crippen LogP contribution is 2.56. The van der Waals surface area contributed by atoms with Crippen LogP contribution in [0.3, 0.4) is 0 Å². The fraction of sp³-hybridized carbons (Fsp3) is 0.949. The first kappa shape index (κ1) is 40.8. The first-order valence-corrected chi connectivity index (χ1v) is 19.5. The summed E-state index contributed by atoms with van der Waals surface area (Å²) < 4.78 is 46.1. The number of aliphatic hydroxyl groups excluding tert-OH is 1. The second kappa shape index (κ2) is 15.4. The van der Waals surface area contributed by atoms with Crippen LogP contribution in [0.2, 0.25) is 0 Å². The molecule has 3 N–H and O–H groups in total. The first-order valence-electron chi connectivity index (χ1n) is 19.5. The molecule has 0 aliphatic carbocycles. The van der Waals surface area contributed by atoms with E-state index in [1.807, 2.05) is 13.8 Å². The lowest BCUT2D eigenvalue weighted by Crippen LogP contribution is -2.57. The Hall–Kier alpha value is -1.38. The van der Waals surface area contributed by atoms with E-state index in [4.69, 9.17) is 33.2 Å². The molecule has 5 fully saturated rings. The number of rotatable bonds is 13. The smallest absolute Gasteiger partial charge is 0.308 e. The number of ether oxygens (including phenoxy) is 7. The number of carbonyl (C=O) groups is 2. The summed E-state index contributed by atoms with van der Waals surface area (Å²) in [5, 5.41) is 29.9. The molecular formula is C39H66O12. The molecule has 51 heavy (non-hydrogen) atoms. The van der Waals surface area contributed by atoms with Gasteiger partial charge in [0.05, 0.1) is 60.4 Å². The monoisotopic (exact) mass is 726 g/mol. The molecule has 0 aromatic carbocycles. The maximum Gasteiger partial charge on any atom is 0.308 e. The summed E-state index contributed by atoms with van der Waals surface area (Å²) in [5.41, 5.74) is -1.18. The van der Waals surface area contributed by atoms with E-state index in [0.29, 0.717) is 19.3 Å². The highest BCUT2D eigenvalue weighted by Gasteiger charge is 2.62. The van der Waals surface area contributed by atoms with Gasteiger partial charge in [0.2, 0.25) is 0 Å². The molecule has 0 radical (unpaired) electrons. The molecule has 5 heterocycles. The molecule has 0 unspecified atom stereocenters. The molecular weight excluding hydrogens is 660 g/mol. The van der Waals surface area contributed by atoms with Crippen molar-refractivity contribution >= 4 is 11.9 Å². The topological polar surface area (TPSA) is 159 Å². The summed E-state index contributed by atoms with van der Waals surface area (Å²) >= 11 is 0. The number of hydrogen-bond acceptors (Lipinski definition) is 10. The summed E-state index contributed by atoms with van der Waals surface area (Å²) in [5.74, 6) is -4.83.